The van der Waals surface area contributed by atoms with Crippen LogP contribution in [0.4, 0.5) is 5.82 Å². The number of rotatable bonds is 6. The first kappa shape index (κ1) is 20.7. The van der Waals surface area contributed by atoms with Gasteiger partial charge >= 0.3 is 0 Å². The van der Waals surface area contributed by atoms with Crippen LogP contribution in [0.3, 0.4) is 0 Å². The third-order valence-electron chi connectivity index (χ3n) is 3.70. The molecule has 2 aromatic rings. The summed E-state index contributed by atoms with van der Waals surface area (Å²) in [4.78, 5) is 23.9. The van der Waals surface area contributed by atoms with Gasteiger partial charge in [0.05, 0.1) is 24.5 Å². The van der Waals surface area contributed by atoms with Crippen LogP contribution in [-0.2, 0) is 9.59 Å². The van der Waals surface area contributed by atoms with Crippen LogP contribution in [0, 0.1) is 12.8 Å². The lowest BCUT2D eigenvalue weighted by Crippen LogP contribution is -2.46. The van der Waals surface area contributed by atoms with Crippen molar-refractivity contribution in [3.63, 3.8) is 0 Å². The summed E-state index contributed by atoms with van der Waals surface area (Å²) in [5.74, 6) is -0.130. The number of amides is 2. The highest BCUT2D eigenvalue weighted by molar-refractivity contribution is 5.94. The van der Waals surface area contributed by atoms with E-state index in [0.717, 1.165) is 11.3 Å². The number of benzene rings is 1. The van der Waals surface area contributed by atoms with Crippen molar-refractivity contribution in [3.05, 3.63) is 42.1 Å². The normalized spacial score (nSPS) is 11.6. The quantitative estimate of drug-likeness (QED) is 0.724. The number of aromatic nitrogens is 2. The van der Waals surface area contributed by atoms with Crippen molar-refractivity contribution in [2.75, 3.05) is 11.9 Å². The zero-order valence-electron chi connectivity index (χ0n) is 14.5. The Bertz CT molecular complexity index is 729. The molecule has 4 N–H and O–H groups in total. The summed E-state index contributed by atoms with van der Waals surface area (Å²) >= 11 is 0. The number of anilines is 1. The average Bonchev–Trinajstić information content (AvgIpc) is 3.00. The molecule has 1 aromatic heterocycles. The topological polar surface area (TPSA) is 102 Å². The molecule has 2 amide bonds. The van der Waals surface area contributed by atoms with Gasteiger partial charge in [-0.3, -0.25) is 9.59 Å². The minimum atomic E-state index is -0.629. The summed E-state index contributed by atoms with van der Waals surface area (Å²) in [6, 6.07) is 8.80. The number of para-hydroxylation sites is 1. The molecule has 0 fully saturated rings. The summed E-state index contributed by atoms with van der Waals surface area (Å²) in [6.45, 7) is 5.53. The standard InChI is InChI=1S/C17H23N5O2.ClH/c1-11(2)16(18)17(24)19-10-15(23)21-14-8-9-20-22(14)13-7-5-4-6-12(13)3;/h4-9,11,16H,10,18H2,1-3H3,(H,19,24)(H,21,23);1H/t16-;/m0./s1. The van der Waals surface area contributed by atoms with E-state index in [1.54, 1.807) is 16.9 Å². The van der Waals surface area contributed by atoms with Crippen molar-refractivity contribution in [2.45, 2.75) is 26.8 Å². The monoisotopic (exact) mass is 365 g/mol. The average molecular weight is 366 g/mol. The molecule has 2 rings (SSSR count). The molecule has 0 saturated carbocycles. The van der Waals surface area contributed by atoms with Gasteiger partial charge in [0.2, 0.25) is 11.8 Å². The summed E-state index contributed by atoms with van der Waals surface area (Å²) in [5, 5.41) is 9.53. The zero-order valence-corrected chi connectivity index (χ0v) is 15.3. The highest BCUT2D eigenvalue weighted by Crippen LogP contribution is 2.17. The summed E-state index contributed by atoms with van der Waals surface area (Å²) < 4.78 is 1.65. The zero-order chi connectivity index (χ0) is 17.7. The van der Waals surface area contributed by atoms with Crippen molar-refractivity contribution in [1.82, 2.24) is 15.1 Å². The Labute approximate surface area is 153 Å². The van der Waals surface area contributed by atoms with E-state index >= 15 is 0 Å². The highest BCUT2D eigenvalue weighted by atomic mass is 35.5. The molecule has 0 aliphatic rings. The molecule has 0 radical (unpaired) electrons. The number of hydrogen-bond donors (Lipinski definition) is 3. The first-order valence-corrected chi connectivity index (χ1v) is 7.83. The van der Waals surface area contributed by atoms with Gasteiger partial charge < -0.3 is 16.4 Å². The maximum absolute atomic E-state index is 12.1. The van der Waals surface area contributed by atoms with Crippen LogP contribution >= 0.6 is 12.4 Å². The fourth-order valence-electron chi connectivity index (χ4n) is 2.17. The van der Waals surface area contributed by atoms with E-state index in [9.17, 15) is 9.59 Å². The fourth-order valence-corrected chi connectivity index (χ4v) is 2.17. The molecular formula is C17H24ClN5O2. The summed E-state index contributed by atoms with van der Waals surface area (Å²) in [5.41, 5.74) is 7.65. The number of aryl methyl sites for hydroxylation is 1. The molecule has 0 aliphatic heterocycles. The van der Waals surface area contributed by atoms with Gasteiger partial charge in [-0.25, -0.2) is 4.68 Å². The predicted molar refractivity (Wildman–Crippen MR) is 100 cm³/mol. The van der Waals surface area contributed by atoms with E-state index in [4.69, 9.17) is 5.73 Å². The number of nitrogens with one attached hydrogen (secondary N) is 2. The first-order chi connectivity index (χ1) is 11.4. The predicted octanol–water partition coefficient (Wildman–Crippen LogP) is 1.64. The van der Waals surface area contributed by atoms with Gasteiger partial charge in [-0.05, 0) is 24.5 Å². The van der Waals surface area contributed by atoms with E-state index in [2.05, 4.69) is 15.7 Å². The van der Waals surface area contributed by atoms with Gasteiger partial charge in [-0.1, -0.05) is 32.0 Å². The lowest BCUT2D eigenvalue weighted by molar-refractivity contribution is -0.125. The summed E-state index contributed by atoms with van der Waals surface area (Å²) in [7, 11) is 0. The molecule has 0 aliphatic carbocycles. The first-order valence-electron chi connectivity index (χ1n) is 7.83. The Hall–Kier alpha value is -2.38. The Morgan fingerprint density at radius 3 is 2.56 bits per heavy atom. The maximum atomic E-state index is 12.1. The second-order valence-corrected chi connectivity index (χ2v) is 5.95. The number of carbonyl (C=O) groups is 2. The maximum Gasteiger partial charge on any atom is 0.244 e. The molecule has 1 aromatic carbocycles. The largest absolute Gasteiger partial charge is 0.346 e. The van der Waals surface area contributed by atoms with E-state index in [1.807, 2.05) is 45.0 Å². The van der Waals surface area contributed by atoms with Crippen LogP contribution in [-0.4, -0.2) is 34.2 Å². The molecule has 0 unspecified atom stereocenters. The SMILES string of the molecule is Cc1ccccc1-n1nccc1NC(=O)CNC(=O)[C@@H](N)C(C)C.Cl. The Morgan fingerprint density at radius 1 is 1.24 bits per heavy atom. The van der Waals surface area contributed by atoms with Crippen molar-refractivity contribution in [2.24, 2.45) is 11.7 Å². The molecule has 1 atom stereocenters. The van der Waals surface area contributed by atoms with Crippen LogP contribution in [0.15, 0.2) is 36.5 Å². The van der Waals surface area contributed by atoms with Crippen LogP contribution in [0.1, 0.15) is 19.4 Å². The molecule has 25 heavy (non-hydrogen) atoms. The molecule has 1 heterocycles. The third kappa shape index (κ3) is 5.30. The number of nitrogens with zero attached hydrogens (tertiary/aromatic N) is 2. The molecule has 0 saturated heterocycles. The van der Waals surface area contributed by atoms with Crippen molar-refractivity contribution < 1.29 is 9.59 Å². The molecule has 0 spiro atoms. The van der Waals surface area contributed by atoms with E-state index in [0.29, 0.717) is 5.82 Å². The number of halogens is 1. The Morgan fingerprint density at radius 2 is 1.92 bits per heavy atom. The number of hydrogen-bond acceptors (Lipinski definition) is 4. The highest BCUT2D eigenvalue weighted by Gasteiger charge is 2.18. The van der Waals surface area contributed by atoms with Gasteiger partial charge in [0, 0.05) is 6.07 Å². The van der Waals surface area contributed by atoms with Gasteiger partial charge in [0.15, 0.2) is 0 Å². The van der Waals surface area contributed by atoms with Crippen LogP contribution in [0.2, 0.25) is 0 Å². The van der Waals surface area contributed by atoms with E-state index in [1.165, 1.54) is 0 Å². The van der Waals surface area contributed by atoms with Crippen LogP contribution < -0.4 is 16.4 Å². The Kier molecular flexibility index (Phi) is 7.60. The van der Waals surface area contributed by atoms with Gasteiger partial charge in [0.25, 0.3) is 0 Å². The van der Waals surface area contributed by atoms with Gasteiger partial charge in [0.1, 0.15) is 5.82 Å². The second-order valence-electron chi connectivity index (χ2n) is 5.95. The molecule has 136 valence electrons. The number of carbonyl (C=O) groups excluding carboxylic acids is 2. The Balaban J connectivity index is 0.00000312. The fraction of sp³-hybridized carbons (Fsp3) is 0.353. The van der Waals surface area contributed by atoms with Gasteiger partial charge in [-0.2, -0.15) is 5.10 Å². The third-order valence-corrected chi connectivity index (χ3v) is 3.70. The smallest absolute Gasteiger partial charge is 0.244 e. The van der Waals surface area contributed by atoms with E-state index < -0.39 is 6.04 Å². The second kappa shape index (κ2) is 9.19. The summed E-state index contributed by atoms with van der Waals surface area (Å²) in [6.07, 6.45) is 1.61. The molecule has 8 heteroatoms. The number of nitrogens with two attached hydrogens (primary N) is 1. The molecule has 0 bridgehead atoms. The minimum Gasteiger partial charge on any atom is -0.346 e. The van der Waals surface area contributed by atoms with Crippen LogP contribution in [0.25, 0.3) is 5.69 Å². The van der Waals surface area contributed by atoms with Crippen molar-refractivity contribution in [1.29, 1.82) is 0 Å². The lowest BCUT2D eigenvalue weighted by Gasteiger charge is -2.15. The van der Waals surface area contributed by atoms with Crippen LogP contribution in [0.5, 0.6) is 0 Å². The van der Waals surface area contributed by atoms with Crippen molar-refractivity contribution in [3.8, 4) is 5.69 Å². The minimum absolute atomic E-state index is 0. The molecule has 7 nitrogen and oxygen atoms in total. The van der Waals surface area contributed by atoms with Gasteiger partial charge in [-0.15, -0.1) is 12.4 Å². The van der Waals surface area contributed by atoms with Crippen molar-refractivity contribution >= 4 is 30.0 Å². The lowest BCUT2D eigenvalue weighted by atomic mass is 10.1. The molecular weight excluding hydrogens is 342 g/mol. The van der Waals surface area contributed by atoms with E-state index in [-0.39, 0.29) is 36.7 Å².